The van der Waals surface area contributed by atoms with Crippen molar-refractivity contribution in [1.82, 2.24) is 19.9 Å². The van der Waals surface area contributed by atoms with Crippen LogP contribution in [0.5, 0.6) is 5.75 Å². The first kappa shape index (κ1) is 21.3. The van der Waals surface area contributed by atoms with Gasteiger partial charge in [-0.05, 0) is 55.7 Å². The number of ether oxygens (including phenoxy) is 1. The molecule has 166 valence electrons. The first-order chi connectivity index (χ1) is 16.2. The van der Waals surface area contributed by atoms with E-state index in [1.54, 1.807) is 7.11 Å². The molecule has 0 unspecified atom stereocenters. The van der Waals surface area contributed by atoms with Gasteiger partial charge in [0.25, 0.3) is 0 Å². The van der Waals surface area contributed by atoms with Gasteiger partial charge in [0.05, 0.1) is 29.6 Å². The number of methoxy groups -OCH3 is 1. The van der Waals surface area contributed by atoms with Crippen LogP contribution in [0, 0.1) is 11.3 Å². The maximum Gasteiger partial charge on any atom is 0.190 e. The molecule has 1 fully saturated rings. The number of fused-ring (bicyclic) bond motifs is 1. The highest BCUT2D eigenvalue weighted by Gasteiger charge is 2.22. The van der Waals surface area contributed by atoms with Gasteiger partial charge in [-0.1, -0.05) is 23.9 Å². The van der Waals surface area contributed by atoms with E-state index in [4.69, 9.17) is 14.7 Å². The molecule has 1 aliphatic heterocycles. The van der Waals surface area contributed by atoms with Crippen molar-refractivity contribution in [2.24, 2.45) is 0 Å². The highest BCUT2D eigenvalue weighted by molar-refractivity contribution is 7.98. The summed E-state index contributed by atoms with van der Waals surface area (Å²) in [5.41, 5.74) is 4.01. The van der Waals surface area contributed by atoms with Gasteiger partial charge in [-0.15, -0.1) is 0 Å². The summed E-state index contributed by atoms with van der Waals surface area (Å²) in [6.07, 6.45) is 3.42. The second kappa shape index (κ2) is 9.51. The quantitative estimate of drug-likeness (QED) is 0.316. The lowest BCUT2D eigenvalue weighted by Gasteiger charge is -2.29. The third-order valence-electron chi connectivity index (χ3n) is 5.78. The minimum absolute atomic E-state index is 0.523. The molecule has 3 heterocycles. The molecule has 1 saturated heterocycles. The predicted octanol–water partition coefficient (Wildman–Crippen LogP) is 5.18. The van der Waals surface area contributed by atoms with Crippen molar-refractivity contribution in [3.63, 3.8) is 0 Å². The van der Waals surface area contributed by atoms with Gasteiger partial charge in [-0.2, -0.15) is 5.26 Å². The molecule has 0 radical (unpaired) electrons. The van der Waals surface area contributed by atoms with Crippen LogP contribution in [0.15, 0.2) is 53.7 Å². The van der Waals surface area contributed by atoms with Crippen molar-refractivity contribution in [1.29, 1.82) is 5.26 Å². The van der Waals surface area contributed by atoms with Crippen LogP contribution in [0.2, 0.25) is 0 Å². The van der Waals surface area contributed by atoms with Crippen molar-refractivity contribution in [3.05, 3.63) is 59.9 Å². The number of para-hydroxylation sites is 2. The number of aromatic nitrogens is 4. The maximum absolute atomic E-state index is 10.1. The molecule has 4 aromatic rings. The molecule has 2 aromatic heterocycles. The Morgan fingerprint density at radius 1 is 1.03 bits per heavy atom. The fourth-order valence-electron chi connectivity index (χ4n) is 4.10. The van der Waals surface area contributed by atoms with Crippen LogP contribution in [-0.4, -0.2) is 40.1 Å². The Labute approximate surface area is 196 Å². The number of H-pyrrole nitrogens is 1. The van der Waals surface area contributed by atoms with Gasteiger partial charge in [0.1, 0.15) is 23.2 Å². The average Bonchev–Trinajstić information content (AvgIpc) is 3.30. The van der Waals surface area contributed by atoms with Crippen LogP contribution in [0.25, 0.3) is 22.3 Å². The number of imidazole rings is 1. The molecule has 33 heavy (non-hydrogen) atoms. The lowest BCUT2D eigenvalue weighted by atomic mass is 10.1. The van der Waals surface area contributed by atoms with Crippen molar-refractivity contribution >= 4 is 28.6 Å². The number of hydrogen-bond donors (Lipinski definition) is 1. The fraction of sp³-hybridized carbons (Fsp3) is 0.280. The van der Waals surface area contributed by atoms with Gasteiger partial charge in [-0.25, -0.2) is 15.0 Å². The molecule has 8 heteroatoms. The summed E-state index contributed by atoms with van der Waals surface area (Å²) in [6.45, 7) is 1.81. The van der Waals surface area contributed by atoms with E-state index < -0.39 is 0 Å². The van der Waals surface area contributed by atoms with E-state index in [1.807, 2.05) is 48.5 Å². The van der Waals surface area contributed by atoms with Gasteiger partial charge in [0, 0.05) is 18.7 Å². The number of nitriles is 1. The number of anilines is 1. The number of aromatic amines is 1. The van der Waals surface area contributed by atoms with Gasteiger partial charge < -0.3 is 14.6 Å². The van der Waals surface area contributed by atoms with Crippen molar-refractivity contribution in [2.45, 2.75) is 30.2 Å². The minimum Gasteiger partial charge on any atom is -0.497 e. The third-order valence-corrected chi connectivity index (χ3v) is 6.64. The smallest absolute Gasteiger partial charge is 0.190 e. The van der Waals surface area contributed by atoms with Gasteiger partial charge in [0.2, 0.25) is 0 Å². The first-order valence-corrected chi connectivity index (χ1v) is 12.0. The van der Waals surface area contributed by atoms with E-state index in [1.165, 1.54) is 18.2 Å². The number of piperidine rings is 1. The molecular formula is C25H24N6OS. The number of hydrogen-bond acceptors (Lipinski definition) is 7. The van der Waals surface area contributed by atoms with Crippen LogP contribution in [0.1, 0.15) is 30.7 Å². The molecule has 0 spiro atoms. The standard InChI is InChI=1S/C25H24N6OS/c1-32-18-11-9-17(10-12-18)23-19(15-26)24(31-13-5-2-6-14-31)30-25(29-23)33-16-22-27-20-7-3-4-8-21(20)28-22/h3-4,7-12H,2,5-6,13-14,16H2,1H3,(H,27,28). The van der Waals surface area contributed by atoms with Crippen LogP contribution in [0.4, 0.5) is 5.82 Å². The number of nitrogens with one attached hydrogen (secondary N) is 1. The van der Waals surface area contributed by atoms with Crippen molar-refractivity contribution < 1.29 is 4.74 Å². The molecule has 5 rings (SSSR count). The van der Waals surface area contributed by atoms with Crippen LogP contribution < -0.4 is 9.64 Å². The highest BCUT2D eigenvalue weighted by atomic mass is 32.2. The lowest BCUT2D eigenvalue weighted by Crippen LogP contribution is -2.31. The highest BCUT2D eigenvalue weighted by Crippen LogP contribution is 2.33. The summed E-state index contributed by atoms with van der Waals surface area (Å²) in [5, 5.41) is 10.7. The zero-order valence-corrected chi connectivity index (χ0v) is 19.2. The van der Waals surface area contributed by atoms with E-state index in [9.17, 15) is 5.26 Å². The zero-order valence-electron chi connectivity index (χ0n) is 18.4. The molecule has 0 aliphatic carbocycles. The SMILES string of the molecule is COc1ccc(-c2nc(SCc3nc4ccccc4[nH]3)nc(N3CCCCC3)c2C#N)cc1. The lowest BCUT2D eigenvalue weighted by molar-refractivity contribution is 0.415. The molecule has 0 bridgehead atoms. The molecule has 2 aromatic carbocycles. The molecule has 0 amide bonds. The Kier molecular flexibility index (Phi) is 6.13. The summed E-state index contributed by atoms with van der Waals surface area (Å²) >= 11 is 1.53. The summed E-state index contributed by atoms with van der Waals surface area (Å²) in [5.74, 6) is 2.98. The van der Waals surface area contributed by atoms with E-state index in [-0.39, 0.29) is 0 Å². The summed E-state index contributed by atoms with van der Waals surface area (Å²) in [6, 6.07) is 18.0. The Morgan fingerprint density at radius 3 is 2.55 bits per heavy atom. The van der Waals surface area contributed by atoms with Crippen LogP contribution in [-0.2, 0) is 5.75 Å². The number of nitrogens with zero attached hydrogens (tertiary/aromatic N) is 5. The van der Waals surface area contributed by atoms with Crippen molar-refractivity contribution in [3.8, 4) is 23.1 Å². The van der Waals surface area contributed by atoms with E-state index >= 15 is 0 Å². The number of thioether (sulfide) groups is 1. The second-order valence-electron chi connectivity index (χ2n) is 7.93. The summed E-state index contributed by atoms with van der Waals surface area (Å²) in [7, 11) is 1.64. The number of benzene rings is 2. The topological polar surface area (TPSA) is 90.7 Å². The van der Waals surface area contributed by atoms with Gasteiger partial charge in [0.15, 0.2) is 11.0 Å². The minimum atomic E-state index is 0.523. The van der Waals surface area contributed by atoms with Crippen molar-refractivity contribution in [2.75, 3.05) is 25.1 Å². The molecular weight excluding hydrogens is 432 g/mol. The van der Waals surface area contributed by atoms with E-state index in [0.29, 0.717) is 22.2 Å². The normalized spacial score (nSPS) is 13.8. The summed E-state index contributed by atoms with van der Waals surface area (Å²) < 4.78 is 5.30. The van der Waals surface area contributed by atoms with E-state index in [2.05, 4.69) is 20.9 Å². The fourth-order valence-corrected chi connectivity index (χ4v) is 4.81. The number of rotatable bonds is 6. The molecule has 1 aliphatic rings. The third kappa shape index (κ3) is 4.50. The van der Waals surface area contributed by atoms with Crippen LogP contribution in [0.3, 0.4) is 0 Å². The predicted molar refractivity (Wildman–Crippen MR) is 130 cm³/mol. The Hall–Kier alpha value is -3.57. The summed E-state index contributed by atoms with van der Waals surface area (Å²) in [4.78, 5) is 19.9. The van der Waals surface area contributed by atoms with Gasteiger partial charge in [-0.3, -0.25) is 0 Å². The molecule has 1 N–H and O–H groups in total. The first-order valence-electron chi connectivity index (χ1n) is 11.0. The van der Waals surface area contributed by atoms with E-state index in [0.717, 1.165) is 59.9 Å². The Balaban J connectivity index is 1.52. The molecule has 0 saturated carbocycles. The zero-order chi connectivity index (χ0) is 22.6. The largest absolute Gasteiger partial charge is 0.497 e. The molecule has 0 atom stereocenters. The monoisotopic (exact) mass is 456 g/mol. The average molecular weight is 457 g/mol. The molecule has 7 nitrogen and oxygen atoms in total. The second-order valence-corrected chi connectivity index (χ2v) is 8.87. The Bertz CT molecular complexity index is 1270. The van der Waals surface area contributed by atoms with Gasteiger partial charge >= 0.3 is 0 Å². The Morgan fingerprint density at radius 2 is 1.82 bits per heavy atom. The maximum atomic E-state index is 10.1. The van der Waals surface area contributed by atoms with Crippen LogP contribution >= 0.6 is 11.8 Å².